The number of aromatic nitrogens is 1. The van der Waals surface area contributed by atoms with E-state index in [1.165, 1.54) is 49.7 Å². The summed E-state index contributed by atoms with van der Waals surface area (Å²) in [4.78, 5) is 2.72. The minimum atomic E-state index is 0.543. The topological polar surface area (TPSA) is 8.17 Å². The Kier molecular flexibility index (Phi) is 3.30. The van der Waals surface area contributed by atoms with E-state index in [1.807, 2.05) is 0 Å². The van der Waals surface area contributed by atoms with Gasteiger partial charge < -0.3 is 9.47 Å². The zero-order valence-electron chi connectivity index (χ0n) is 13.3. The second-order valence-corrected chi connectivity index (χ2v) is 7.15. The fraction of sp³-hybridized carbons (Fsp3) is 0.579. The Morgan fingerprint density at radius 3 is 2.81 bits per heavy atom. The molecule has 2 saturated heterocycles. The molecule has 0 radical (unpaired) electrons. The molecule has 0 N–H and O–H groups in total. The number of piperidine rings is 1. The van der Waals surface area contributed by atoms with E-state index in [-0.39, 0.29) is 0 Å². The van der Waals surface area contributed by atoms with E-state index in [1.54, 1.807) is 5.69 Å². The summed E-state index contributed by atoms with van der Waals surface area (Å²) in [7, 11) is 0. The van der Waals surface area contributed by atoms with Gasteiger partial charge in [-0.05, 0) is 70.1 Å². The number of para-hydroxylation sites is 1. The lowest BCUT2D eigenvalue weighted by Gasteiger charge is -2.35. The van der Waals surface area contributed by atoms with E-state index in [4.69, 9.17) is 0 Å². The van der Waals surface area contributed by atoms with E-state index in [0.29, 0.717) is 6.04 Å². The summed E-state index contributed by atoms with van der Waals surface area (Å²) in [6.45, 7) is 7.28. The second-order valence-electron chi connectivity index (χ2n) is 7.15. The highest BCUT2D eigenvalue weighted by Gasteiger charge is 2.33. The van der Waals surface area contributed by atoms with Crippen molar-refractivity contribution in [2.24, 2.45) is 0 Å². The molecule has 2 atom stereocenters. The van der Waals surface area contributed by atoms with Crippen molar-refractivity contribution >= 4 is 10.9 Å². The van der Waals surface area contributed by atoms with Crippen LogP contribution >= 0.6 is 0 Å². The van der Waals surface area contributed by atoms with Crippen LogP contribution in [0.3, 0.4) is 0 Å². The Morgan fingerprint density at radius 1 is 1.10 bits per heavy atom. The first-order chi connectivity index (χ1) is 10.2. The minimum absolute atomic E-state index is 0.543. The lowest BCUT2D eigenvalue weighted by atomic mass is 9.88. The van der Waals surface area contributed by atoms with Crippen LogP contribution in [-0.2, 0) is 0 Å². The van der Waals surface area contributed by atoms with Crippen molar-refractivity contribution in [1.82, 2.24) is 9.47 Å². The quantitative estimate of drug-likeness (QED) is 0.783. The fourth-order valence-electron chi connectivity index (χ4n) is 4.58. The maximum atomic E-state index is 2.72. The highest BCUT2D eigenvalue weighted by Crippen LogP contribution is 2.39. The van der Waals surface area contributed by atoms with Gasteiger partial charge in [-0.3, -0.25) is 0 Å². The maximum Gasteiger partial charge on any atom is 0.0485 e. The summed E-state index contributed by atoms with van der Waals surface area (Å²) in [5, 5.41) is 1.41. The Bertz CT molecular complexity index is 640. The lowest BCUT2D eigenvalue weighted by Crippen LogP contribution is -2.37. The van der Waals surface area contributed by atoms with Gasteiger partial charge in [0.1, 0.15) is 0 Å². The Balaban J connectivity index is 1.74. The van der Waals surface area contributed by atoms with E-state index in [2.05, 4.69) is 53.6 Å². The largest absolute Gasteiger partial charge is 0.342 e. The van der Waals surface area contributed by atoms with Gasteiger partial charge in [-0.15, -0.1) is 0 Å². The molecule has 2 aliphatic heterocycles. The fourth-order valence-corrected chi connectivity index (χ4v) is 4.58. The van der Waals surface area contributed by atoms with Gasteiger partial charge >= 0.3 is 0 Å². The molecule has 2 fully saturated rings. The van der Waals surface area contributed by atoms with Crippen LogP contribution in [0.2, 0.25) is 0 Å². The van der Waals surface area contributed by atoms with Crippen LogP contribution in [0.1, 0.15) is 57.2 Å². The summed E-state index contributed by atoms with van der Waals surface area (Å²) in [5.74, 6) is 0.749. The molecule has 112 valence electrons. The predicted octanol–water partition coefficient (Wildman–Crippen LogP) is 4.56. The average Bonchev–Trinajstić information content (AvgIpc) is 3.10. The number of nitrogens with zero attached hydrogens (tertiary/aromatic N) is 2. The third-order valence-corrected chi connectivity index (χ3v) is 5.53. The van der Waals surface area contributed by atoms with Crippen molar-refractivity contribution in [3.63, 3.8) is 0 Å². The average molecular weight is 282 g/mol. The van der Waals surface area contributed by atoms with E-state index < -0.39 is 0 Å². The van der Waals surface area contributed by atoms with Gasteiger partial charge in [0.2, 0.25) is 0 Å². The van der Waals surface area contributed by atoms with Crippen molar-refractivity contribution in [3.8, 4) is 0 Å². The van der Waals surface area contributed by atoms with Crippen LogP contribution in [0.5, 0.6) is 0 Å². The third-order valence-electron chi connectivity index (χ3n) is 5.53. The summed E-state index contributed by atoms with van der Waals surface area (Å²) in [5.41, 5.74) is 2.99. The maximum absolute atomic E-state index is 2.72. The lowest BCUT2D eigenvalue weighted by molar-refractivity contribution is 0.177. The van der Waals surface area contributed by atoms with Gasteiger partial charge in [0.15, 0.2) is 0 Å². The van der Waals surface area contributed by atoms with Crippen LogP contribution in [-0.4, -0.2) is 28.6 Å². The Morgan fingerprint density at radius 2 is 1.95 bits per heavy atom. The Labute approximate surface area is 127 Å². The van der Waals surface area contributed by atoms with E-state index >= 15 is 0 Å². The monoisotopic (exact) mass is 282 g/mol. The highest BCUT2D eigenvalue weighted by molar-refractivity contribution is 5.81. The standard InChI is InChI=1S/C19H26N2/c1-14(2)21-18-8-4-3-6-15(18)13-19(21)16-9-11-20-10-5-7-17(20)12-16/h3-4,6,8,13-14,16-17H,5,7,9-12H2,1-2H3. The van der Waals surface area contributed by atoms with Crippen LogP contribution in [0.25, 0.3) is 10.9 Å². The van der Waals surface area contributed by atoms with Gasteiger partial charge in [0, 0.05) is 29.2 Å². The summed E-state index contributed by atoms with van der Waals surface area (Å²) < 4.78 is 2.59. The van der Waals surface area contributed by atoms with Gasteiger partial charge in [-0.2, -0.15) is 0 Å². The first kappa shape index (κ1) is 13.4. The van der Waals surface area contributed by atoms with Gasteiger partial charge in [0.25, 0.3) is 0 Å². The zero-order valence-corrected chi connectivity index (χ0v) is 13.3. The number of rotatable bonds is 2. The highest BCUT2D eigenvalue weighted by atomic mass is 15.2. The van der Waals surface area contributed by atoms with Crippen LogP contribution in [0, 0.1) is 0 Å². The van der Waals surface area contributed by atoms with Crippen LogP contribution in [0.15, 0.2) is 30.3 Å². The zero-order chi connectivity index (χ0) is 14.4. The smallest absolute Gasteiger partial charge is 0.0485 e. The number of hydrogen-bond donors (Lipinski definition) is 0. The molecule has 1 aromatic heterocycles. The summed E-state index contributed by atoms with van der Waals surface area (Å²) >= 11 is 0. The van der Waals surface area contributed by atoms with Crippen LogP contribution in [0.4, 0.5) is 0 Å². The van der Waals surface area contributed by atoms with Crippen molar-refractivity contribution in [2.45, 2.75) is 57.5 Å². The molecule has 2 heteroatoms. The predicted molar refractivity (Wildman–Crippen MR) is 88.9 cm³/mol. The molecular formula is C19H26N2. The summed E-state index contributed by atoms with van der Waals surface area (Å²) in [6.07, 6.45) is 5.52. The molecule has 3 heterocycles. The second kappa shape index (κ2) is 5.17. The molecule has 0 saturated carbocycles. The van der Waals surface area contributed by atoms with Gasteiger partial charge in [-0.25, -0.2) is 0 Å². The summed E-state index contributed by atoms with van der Waals surface area (Å²) in [6, 6.07) is 12.7. The van der Waals surface area contributed by atoms with Gasteiger partial charge in [-0.1, -0.05) is 18.2 Å². The first-order valence-corrected chi connectivity index (χ1v) is 8.58. The molecule has 0 aliphatic carbocycles. The van der Waals surface area contributed by atoms with Crippen molar-refractivity contribution in [1.29, 1.82) is 0 Å². The minimum Gasteiger partial charge on any atom is -0.342 e. The molecule has 0 spiro atoms. The third kappa shape index (κ3) is 2.20. The molecule has 0 bridgehead atoms. The molecular weight excluding hydrogens is 256 g/mol. The first-order valence-electron chi connectivity index (χ1n) is 8.58. The molecule has 2 unspecified atom stereocenters. The molecule has 0 amide bonds. The number of fused-ring (bicyclic) bond motifs is 2. The van der Waals surface area contributed by atoms with Crippen molar-refractivity contribution < 1.29 is 0 Å². The molecule has 2 aromatic rings. The Hall–Kier alpha value is -1.28. The normalized spacial score (nSPS) is 26.6. The molecule has 1 aromatic carbocycles. The number of hydrogen-bond acceptors (Lipinski definition) is 1. The van der Waals surface area contributed by atoms with Gasteiger partial charge in [0.05, 0.1) is 0 Å². The molecule has 2 nitrogen and oxygen atoms in total. The number of benzene rings is 1. The molecule has 4 rings (SSSR count). The van der Waals surface area contributed by atoms with Crippen molar-refractivity contribution in [2.75, 3.05) is 13.1 Å². The molecule has 21 heavy (non-hydrogen) atoms. The van der Waals surface area contributed by atoms with E-state index in [9.17, 15) is 0 Å². The van der Waals surface area contributed by atoms with Crippen LogP contribution < -0.4 is 0 Å². The molecule has 2 aliphatic rings. The van der Waals surface area contributed by atoms with Crippen molar-refractivity contribution in [3.05, 3.63) is 36.0 Å². The SMILES string of the molecule is CC(C)n1c(C2CCN3CCCC3C2)cc2ccccc21. The van der Waals surface area contributed by atoms with E-state index in [0.717, 1.165) is 12.0 Å².